The van der Waals surface area contributed by atoms with Gasteiger partial charge in [-0.05, 0) is 0 Å². The fourth-order valence-corrected chi connectivity index (χ4v) is 0. The molecule has 0 fully saturated rings. The third-order valence-electron chi connectivity index (χ3n) is 0. The van der Waals surface area contributed by atoms with Crippen LogP contribution in [0.2, 0.25) is 0 Å². The minimum absolute atomic E-state index is 0. The van der Waals surface area contributed by atoms with Crippen LogP contribution >= 0.6 is 0 Å². The molecule has 0 rings (SSSR count). The van der Waals surface area contributed by atoms with Gasteiger partial charge in [0.15, 0.2) is 0 Å². The Morgan fingerprint density at radius 3 is 0.190 bits per heavy atom. The Balaban J connectivity index is -0.000000000421. The normalized spacial score (nSPS) is 3.05. The summed E-state index contributed by atoms with van der Waals surface area (Å²) in [6.45, 7) is 0. The van der Waals surface area contributed by atoms with Crippen LogP contribution in [0.25, 0.3) is 0 Å². The van der Waals surface area contributed by atoms with Crippen molar-refractivity contribution in [3.63, 3.8) is 0 Å². The van der Waals surface area contributed by atoms with E-state index in [0.29, 0.717) is 0 Å². The molecule has 0 nitrogen and oxygen atoms in total. The molecule has 0 aromatic heterocycles. The van der Waals surface area contributed by atoms with Gasteiger partial charge < -0.3 is 0 Å². The second-order valence-electron chi connectivity index (χ2n) is 0. The molecule has 0 atom stereocenters. The van der Waals surface area contributed by atoms with Crippen molar-refractivity contribution in [1.82, 2.24) is 0 Å². The predicted molar refractivity (Wildman–Crippen MR) is 141 cm³/mol. The molecule has 0 aromatic carbocycles. The minimum Gasteiger partial charge on any atom is -0.0776 e. The summed E-state index contributed by atoms with van der Waals surface area (Å²) in [5.74, 6) is 0. The van der Waals surface area contributed by atoms with E-state index in [-0.39, 0.29) is 149 Å². The van der Waals surface area contributed by atoms with Crippen molar-refractivity contribution in [2.45, 2.75) is 156 Å². The van der Waals surface area contributed by atoms with Crippen molar-refractivity contribution in [2.75, 3.05) is 0 Å². The van der Waals surface area contributed by atoms with Crippen molar-refractivity contribution in [3.8, 4) is 0 Å². The Morgan fingerprint density at radius 2 is 0.190 bits per heavy atom. The van der Waals surface area contributed by atoms with Crippen LogP contribution in [0.4, 0.5) is 0 Å². The first-order chi connectivity index (χ1) is 2.00. The van der Waals surface area contributed by atoms with Gasteiger partial charge in [-0.15, -0.1) is 0 Å². The molecule has 0 N–H and O–H groups in total. The molecule has 0 amide bonds. The van der Waals surface area contributed by atoms with Gasteiger partial charge in [0.25, 0.3) is 0 Å². The Kier molecular flexibility index (Phi) is 0. The summed E-state index contributed by atoms with van der Waals surface area (Å²) in [7, 11) is -2.50. The highest BCUT2D eigenvalue weighted by molar-refractivity contribution is 2.52. The number of hydrogen-bond acceptors (Lipinski definition) is 0. The summed E-state index contributed by atoms with van der Waals surface area (Å²) in [6.07, 6.45) is 0. The zero-order chi connectivity index (χ0) is 4.50. The van der Waals surface area contributed by atoms with E-state index in [4.69, 9.17) is 5.48 Å². The van der Waals surface area contributed by atoms with E-state index in [2.05, 4.69) is 0 Å². The van der Waals surface area contributed by atoms with Gasteiger partial charge in [-0.25, -0.2) is 0 Å². The molecule has 0 heteroatoms. The van der Waals surface area contributed by atoms with Crippen molar-refractivity contribution in [2.24, 2.45) is 0 Å². The molecule has 0 heterocycles. The zero-order valence-electron chi connectivity index (χ0n) is 4.50. The Bertz CT molecular complexity index is 31.4. The third kappa shape index (κ3) is 0. The van der Waals surface area contributed by atoms with E-state index in [9.17, 15) is 0 Å². The first-order valence-corrected chi connectivity index (χ1v) is 0. The van der Waals surface area contributed by atoms with Gasteiger partial charge in [0.05, 0.1) is 0 Å². The largest absolute Gasteiger partial charge is 0.0776 e. The summed E-state index contributed by atoms with van der Waals surface area (Å²) in [6, 6.07) is 0. The van der Waals surface area contributed by atoms with Crippen LogP contribution < -0.4 is 0 Å². The van der Waals surface area contributed by atoms with Gasteiger partial charge in [0.1, 0.15) is 0 Å². The van der Waals surface area contributed by atoms with Crippen molar-refractivity contribution in [1.29, 1.82) is 0 Å². The topological polar surface area (TPSA) is 0 Å². The molecule has 0 aliphatic carbocycles. The maximum Gasteiger partial charge on any atom is 0.0194 e. The lowest BCUT2D eigenvalue weighted by molar-refractivity contribution is 2.50. The summed E-state index contributed by atoms with van der Waals surface area (Å²) < 4.78 is 23.8. The minimum atomic E-state index is -2.50. The molecule has 0 aliphatic heterocycles. The third-order valence-corrected chi connectivity index (χ3v) is 0. The van der Waals surface area contributed by atoms with Crippen LogP contribution in [0.15, 0.2) is 0 Å². The van der Waals surface area contributed by atoms with Crippen LogP contribution in [0, 0.1) is 0 Å². The van der Waals surface area contributed by atoms with Crippen LogP contribution in [0.1, 0.15) is 161 Å². The molecule has 0 radical (unpaired) electrons. The molecule has 0 unspecified atom stereocenters. The van der Waals surface area contributed by atoms with Crippen molar-refractivity contribution < 1.29 is 5.48 Å². The SMILES string of the molecule is C.C.C.C.C.C.C.C.C.C.C.C.C.C.C.C.C.C.C.C.[2H]C([2H])([2H])[2H]. The second-order valence-corrected chi connectivity index (χ2v) is 0. The van der Waals surface area contributed by atoms with E-state index in [1.54, 1.807) is 0 Å². The average Bonchev–Trinajstić information content (AvgIpc) is 0.722. The average molecular weight is 341 g/mol. The quantitative estimate of drug-likeness (QED) is 0.411. The predicted octanol–water partition coefficient (Wildman–Crippen LogP) is 13.4. The highest BCUT2D eigenvalue weighted by Crippen LogP contribution is 0.164. The lowest BCUT2D eigenvalue weighted by Gasteiger charge is -0.0786. The van der Waals surface area contributed by atoms with Crippen LogP contribution in [-0.4, -0.2) is 0 Å². The number of hydrogen-bond donors (Lipinski definition) is 0. The van der Waals surface area contributed by atoms with Crippen LogP contribution in [-0.2, 0) is 0 Å². The lowest BCUT2D eigenvalue weighted by Crippen LogP contribution is 0.143. The fourth-order valence-electron chi connectivity index (χ4n) is 0. The van der Waals surface area contributed by atoms with Gasteiger partial charge in [-0.1, -0.05) is 156 Å². The molecule has 0 saturated heterocycles. The molecule has 0 aromatic rings. The highest BCUT2D eigenvalue weighted by atomic mass is 12.0. The van der Waals surface area contributed by atoms with E-state index in [0.717, 1.165) is 0 Å². The molecule has 0 aliphatic rings. The number of rotatable bonds is 0. The maximum atomic E-state index is 5.94. The monoisotopic (exact) mass is 341 g/mol. The molecule has 168 valence electrons. The fraction of sp³-hybridized carbons (Fsp3) is 1.00. The van der Waals surface area contributed by atoms with Crippen molar-refractivity contribution >= 4 is 0 Å². The summed E-state index contributed by atoms with van der Waals surface area (Å²) in [5, 5.41) is 0. The van der Waals surface area contributed by atoms with Gasteiger partial charge >= 0.3 is 0 Å². The summed E-state index contributed by atoms with van der Waals surface area (Å²) in [5.41, 5.74) is 0. The Labute approximate surface area is 162 Å². The van der Waals surface area contributed by atoms with E-state index >= 15 is 0 Å². The first kappa shape index (κ1) is 525. The smallest absolute Gasteiger partial charge is 0.0194 e. The van der Waals surface area contributed by atoms with Crippen LogP contribution in [0.5, 0.6) is 0 Å². The van der Waals surface area contributed by atoms with E-state index in [1.807, 2.05) is 0 Å². The molecule has 21 heavy (non-hydrogen) atoms. The molecular weight excluding hydrogens is 252 g/mol. The molecule has 0 bridgehead atoms. The Morgan fingerprint density at radius 1 is 0.190 bits per heavy atom. The summed E-state index contributed by atoms with van der Waals surface area (Å²) in [4.78, 5) is 0. The standard InChI is InChI=1S/21CH4/h21*1H4/i1D4;;;;;;;;;;;;;;;;;;;;. The maximum absolute atomic E-state index is 5.94. The van der Waals surface area contributed by atoms with E-state index in [1.165, 1.54) is 0 Å². The first-order valence-electron chi connectivity index (χ1n) is 2.00. The highest BCUT2D eigenvalue weighted by Gasteiger charge is -0.0576. The van der Waals surface area contributed by atoms with Crippen molar-refractivity contribution in [3.05, 3.63) is 0 Å². The molecular formula is C21H84. The van der Waals surface area contributed by atoms with Gasteiger partial charge in [-0.3, -0.25) is 0 Å². The van der Waals surface area contributed by atoms with Gasteiger partial charge in [0, 0.05) is 5.48 Å². The van der Waals surface area contributed by atoms with E-state index < -0.39 is 7.33 Å². The Hall–Kier alpha value is 0. The lowest BCUT2D eigenvalue weighted by atomic mass is 12.0. The molecule has 0 saturated carbocycles. The van der Waals surface area contributed by atoms with Gasteiger partial charge in [0.2, 0.25) is 0 Å². The second kappa shape index (κ2) is 0. The van der Waals surface area contributed by atoms with Crippen LogP contribution in [0.3, 0.4) is 0 Å². The molecule has 0 spiro atoms. The summed E-state index contributed by atoms with van der Waals surface area (Å²) >= 11 is 0. The zero-order valence-corrected chi connectivity index (χ0v) is 0.500. The van der Waals surface area contributed by atoms with Gasteiger partial charge in [-0.2, -0.15) is 0 Å².